The first-order chi connectivity index (χ1) is 39.5. The van der Waals surface area contributed by atoms with Crippen LogP contribution >= 0.6 is 0 Å². The molecular formula is C60H66F3N9O11. The van der Waals surface area contributed by atoms with Crippen molar-refractivity contribution in [1.29, 1.82) is 0 Å². The summed E-state index contributed by atoms with van der Waals surface area (Å²) in [6.07, 6.45) is -5.08. The number of urea groups is 2. The van der Waals surface area contributed by atoms with Crippen molar-refractivity contribution in [3.05, 3.63) is 179 Å². The second kappa shape index (κ2) is 29.3. The summed E-state index contributed by atoms with van der Waals surface area (Å²) in [6.45, 7) is 12.0. The zero-order valence-corrected chi connectivity index (χ0v) is 46.4. The molecule has 2 saturated heterocycles. The molecule has 438 valence electrons. The second-order valence-corrected chi connectivity index (χ2v) is 20.0. The van der Waals surface area contributed by atoms with Crippen LogP contribution in [0.4, 0.5) is 45.5 Å². The Morgan fingerprint density at radius 2 is 0.795 bits per heavy atom. The molecule has 2 aliphatic rings. The van der Waals surface area contributed by atoms with Gasteiger partial charge in [-0.1, -0.05) is 36.4 Å². The van der Waals surface area contributed by atoms with Gasteiger partial charge in [0.05, 0.1) is 19.8 Å². The van der Waals surface area contributed by atoms with E-state index in [2.05, 4.69) is 36.4 Å². The van der Waals surface area contributed by atoms with E-state index < -0.39 is 18.1 Å². The monoisotopic (exact) mass is 1150 g/mol. The minimum absolute atomic E-state index is 0.0432. The number of amides is 7. The lowest BCUT2D eigenvalue weighted by Crippen LogP contribution is -2.48. The molecule has 0 radical (unpaired) electrons. The summed E-state index contributed by atoms with van der Waals surface area (Å²) >= 11 is 0. The number of ether oxygens (including phenoxy) is 2. The molecule has 0 unspecified atom stereocenters. The Morgan fingerprint density at radius 1 is 0.470 bits per heavy atom. The Hall–Kier alpha value is -9.48. The molecule has 6 aromatic carbocycles. The van der Waals surface area contributed by atoms with Gasteiger partial charge in [-0.25, -0.2) is 19.2 Å². The summed E-state index contributed by atoms with van der Waals surface area (Å²) in [6, 6.07) is 41.7. The van der Waals surface area contributed by atoms with Crippen LogP contribution in [0.25, 0.3) is 0 Å². The van der Waals surface area contributed by atoms with Crippen LogP contribution in [0.15, 0.2) is 146 Å². The first-order valence-electron chi connectivity index (χ1n) is 26.2. The number of hydrogen-bond donors (Lipinski definition) is 7. The Morgan fingerprint density at radius 3 is 1.12 bits per heavy atom. The third-order valence-electron chi connectivity index (χ3n) is 12.8. The topological polar surface area (TPSA) is 252 Å². The number of benzene rings is 6. The third-order valence-corrected chi connectivity index (χ3v) is 12.8. The van der Waals surface area contributed by atoms with Gasteiger partial charge in [0.25, 0.3) is 17.7 Å². The van der Waals surface area contributed by atoms with Crippen molar-refractivity contribution in [2.24, 2.45) is 0 Å². The molecule has 6 aromatic rings. The summed E-state index contributed by atoms with van der Waals surface area (Å²) in [7, 11) is 3.19. The number of aromatic carboxylic acids is 1. The highest BCUT2D eigenvalue weighted by Crippen LogP contribution is 2.26. The molecule has 2 heterocycles. The fourth-order valence-electron chi connectivity index (χ4n) is 8.58. The van der Waals surface area contributed by atoms with Gasteiger partial charge in [-0.15, -0.1) is 0 Å². The van der Waals surface area contributed by atoms with Crippen LogP contribution < -0.4 is 36.1 Å². The number of carbonyl (C=O) groups excluding carboxylic acids is 5. The third kappa shape index (κ3) is 19.6. The molecule has 2 fully saturated rings. The molecular weight excluding hydrogens is 1080 g/mol. The van der Waals surface area contributed by atoms with Gasteiger partial charge in [0, 0.05) is 122 Å². The number of nitrogens with one attached hydrogen (secondary N) is 5. The van der Waals surface area contributed by atoms with Gasteiger partial charge < -0.3 is 56.1 Å². The molecule has 0 aliphatic carbocycles. The minimum atomic E-state index is -5.08. The van der Waals surface area contributed by atoms with E-state index in [1.165, 1.54) is 6.07 Å². The van der Waals surface area contributed by atoms with Gasteiger partial charge in [-0.3, -0.25) is 24.2 Å². The van der Waals surface area contributed by atoms with E-state index in [9.17, 15) is 47.0 Å². The standard InChI is InChI=1S/C31H37N5O4.C27H28N4O5.C2HF3O2/c1-31(2,3)34-28(37)23-12-15-27(40-4)24(20-23)21-35-16-18-36(19-17-35)29(38)22-10-13-26(14-11-22)33-30(39)32-25-8-6-5-7-9-25;1-36-24-12-9-20(26(33)34)17-21(24)18-30-13-15-31(16-14-30)25(32)19-7-10-23(11-8-19)29-27(35)28-22-5-3-2-4-6-22;3-2(4,5)1(6)7/h5-15,20H,16-19,21H2,1-4H3,(H,34,37)(H2,32,33,39);2-12,17H,13-16,18H2,1H3,(H,33,34)(H2,28,29,35);(H,6,7). The first-order valence-corrected chi connectivity index (χ1v) is 26.2. The number of hydrogen-bond acceptors (Lipinski definition) is 11. The fraction of sp³-hybridized carbons (Fsp3) is 0.283. The Kier molecular flexibility index (Phi) is 22.1. The number of para-hydroxylation sites is 2. The van der Waals surface area contributed by atoms with Gasteiger partial charge in [0.1, 0.15) is 11.5 Å². The normalized spacial score (nSPS) is 13.5. The molecule has 8 rings (SSSR count). The fourth-order valence-corrected chi connectivity index (χ4v) is 8.58. The maximum absolute atomic E-state index is 13.1. The number of rotatable bonds is 14. The summed E-state index contributed by atoms with van der Waals surface area (Å²) in [4.78, 5) is 91.4. The second-order valence-electron chi connectivity index (χ2n) is 20.0. The van der Waals surface area contributed by atoms with Crippen LogP contribution in [-0.2, 0) is 17.9 Å². The van der Waals surface area contributed by atoms with E-state index in [0.29, 0.717) is 111 Å². The molecule has 7 amide bonds. The largest absolute Gasteiger partial charge is 0.496 e. The first kappa shape index (κ1) is 62.7. The summed E-state index contributed by atoms with van der Waals surface area (Å²) in [5.74, 6) is -2.59. The highest BCUT2D eigenvalue weighted by atomic mass is 19.4. The summed E-state index contributed by atoms with van der Waals surface area (Å²) in [5, 5.41) is 30.5. The van der Waals surface area contributed by atoms with Gasteiger partial charge in [0.2, 0.25) is 0 Å². The van der Waals surface area contributed by atoms with Crippen LogP contribution in [0, 0.1) is 0 Å². The van der Waals surface area contributed by atoms with Crippen LogP contribution in [0.5, 0.6) is 11.5 Å². The molecule has 0 spiro atoms. The zero-order valence-electron chi connectivity index (χ0n) is 46.4. The van der Waals surface area contributed by atoms with E-state index in [0.717, 1.165) is 16.9 Å². The lowest BCUT2D eigenvalue weighted by atomic mass is 10.0. The Bertz CT molecular complexity index is 3180. The van der Waals surface area contributed by atoms with Gasteiger partial charge in [-0.2, -0.15) is 13.2 Å². The average Bonchev–Trinajstić information content (AvgIpc) is 3.50. The SMILES string of the molecule is COc1ccc(C(=O)NC(C)(C)C)cc1CN1CCN(C(=O)c2ccc(NC(=O)Nc3ccccc3)cc2)CC1.COc1ccc(C(=O)O)cc1CN1CCN(C(=O)c2ccc(NC(=O)Nc3ccccc3)cc2)CC1.O=C(O)C(F)(F)F. The van der Waals surface area contributed by atoms with Crippen molar-refractivity contribution < 1.29 is 66.4 Å². The van der Waals surface area contributed by atoms with Crippen molar-refractivity contribution >= 4 is 64.5 Å². The number of alkyl halides is 3. The number of carboxylic acid groups (broad SMARTS) is 2. The zero-order chi connectivity index (χ0) is 60.3. The highest BCUT2D eigenvalue weighted by molar-refractivity contribution is 6.02. The van der Waals surface area contributed by atoms with Gasteiger partial charge >= 0.3 is 30.2 Å². The molecule has 2 aliphatic heterocycles. The van der Waals surface area contributed by atoms with Crippen molar-refractivity contribution in [1.82, 2.24) is 24.9 Å². The number of piperazine rings is 2. The molecule has 0 saturated carbocycles. The van der Waals surface area contributed by atoms with Crippen molar-refractivity contribution in [2.75, 3.05) is 87.8 Å². The lowest BCUT2D eigenvalue weighted by molar-refractivity contribution is -0.192. The number of nitrogens with zero attached hydrogens (tertiary/aromatic N) is 4. The Balaban J connectivity index is 0.000000240. The van der Waals surface area contributed by atoms with E-state index in [1.54, 1.807) is 110 Å². The number of carboxylic acids is 2. The number of methoxy groups -OCH3 is 2. The number of carbonyl (C=O) groups is 7. The van der Waals surface area contributed by atoms with Crippen LogP contribution in [-0.4, -0.2) is 150 Å². The molecule has 23 heteroatoms. The quantitative estimate of drug-likeness (QED) is 0.0537. The molecule has 83 heavy (non-hydrogen) atoms. The van der Waals surface area contributed by atoms with Crippen LogP contribution in [0.2, 0.25) is 0 Å². The maximum atomic E-state index is 13.1. The van der Waals surface area contributed by atoms with Crippen LogP contribution in [0.1, 0.15) is 73.3 Å². The number of halogens is 3. The number of anilines is 4. The molecule has 0 aromatic heterocycles. The highest BCUT2D eigenvalue weighted by Gasteiger charge is 2.38. The van der Waals surface area contributed by atoms with E-state index in [1.807, 2.05) is 74.2 Å². The van der Waals surface area contributed by atoms with Crippen molar-refractivity contribution in [3.8, 4) is 11.5 Å². The molecule has 7 N–H and O–H groups in total. The smallest absolute Gasteiger partial charge is 0.490 e. The molecule has 0 atom stereocenters. The predicted molar refractivity (Wildman–Crippen MR) is 307 cm³/mol. The van der Waals surface area contributed by atoms with Crippen molar-refractivity contribution in [2.45, 2.75) is 45.6 Å². The van der Waals surface area contributed by atoms with E-state index in [-0.39, 0.29) is 40.9 Å². The average molecular weight is 1150 g/mol. The Labute approximate surface area is 478 Å². The molecule has 20 nitrogen and oxygen atoms in total. The van der Waals surface area contributed by atoms with Gasteiger partial charge in [0.15, 0.2) is 0 Å². The molecule has 0 bridgehead atoms. The summed E-state index contributed by atoms with van der Waals surface area (Å²) in [5.41, 5.74) is 5.91. The maximum Gasteiger partial charge on any atom is 0.490 e. The summed E-state index contributed by atoms with van der Waals surface area (Å²) < 4.78 is 42.7. The van der Waals surface area contributed by atoms with Crippen LogP contribution in [0.3, 0.4) is 0 Å². The lowest BCUT2D eigenvalue weighted by Gasteiger charge is -2.35. The van der Waals surface area contributed by atoms with E-state index in [4.69, 9.17) is 19.4 Å². The minimum Gasteiger partial charge on any atom is -0.496 e. The van der Waals surface area contributed by atoms with Crippen molar-refractivity contribution in [3.63, 3.8) is 0 Å². The predicted octanol–water partition coefficient (Wildman–Crippen LogP) is 9.45. The van der Waals surface area contributed by atoms with Gasteiger partial charge in [-0.05, 0) is 130 Å². The van der Waals surface area contributed by atoms with E-state index >= 15 is 0 Å². The number of aliphatic carboxylic acids is 1.